The fourth-order valence-electron chi connectivity index (χ4n) is 2.43. The normalized spacial score (nSPS) is 39.3. The predicted molar refractivity (Wildman–Crippen MR) is 39.8 cm³/mol. The fourth-order valence-corrected chi connectivity index (χ4v) is 2.43. The molecule has 0 amide bonds. The van der Waals surface area contributed by atoms with Crippen molar-refractivity contribution in [3.05, 3.63) is 0 Å². The molecule has 2 atom stereocenters. The maximum absolute atomic E-state index is 8.71. The quantitative estimate of drug-likeness (QED) is 0.604. The van der Waals surface area contributed by atoms with Gasteiger partial charge in [0.25, 0.3) is 0 Å². The van der Waals surface area contributed by atoms with Crippen LogP contribution < -0.4 is 0 Å². The number of aliphatic hydroxyl groups is 1. The second-order valence-corrected chi connectivity index (χ2v) is 3.55. The summed E-state index contributed by atoms with van der Waals surface area (Å²) in [5, 5.41) is 8.71. The van der Waals surface area contributed by atoms with Crippen molar-refractivity contribution in [3.63, 3.8) is 0 Å². The van der Waals surface area contributed by atoms with Crippen molar-refractivity contribution in [3.8, 4) is 0 Å². The zero-order valence-corrected chi connectivity index (χ0v) is 6.29. The molecule has 0 spiro atoms. The molecule has 58 valence electrons. The molecule has 1 saturated carbocycles. The average molecular weight is 141 g/mol. The van der Waals surface area contributed by atoms with Gasteiger partial charge in [0, 0.05) is 19.1 Å². The molecule has 0 unspecified atom stereocenters. The second kappa shape index (κ2) is 2.51. The van der Waals surface area contributed by atoms with Gasteiger partial charge in [0.1, 0.15) is 0 Å². The number of rotatable bonds is 2. The molecule has 1 saturated heterocycles. The largest absolute Gasteiger partial charge is 0.395 e. The number of piperidine rings is 1. The Morgan fingerprint density at radius 1 is 1.40 bits per heavy atom. The number of β-amino-alcohol motifs (C(OH)–C–C–N with tert-alkyl or cyclic N) is 1. The lowest BCUT2D eigenvalue weighted by atomic mass is 10.1. The first-order valence-electron chi connectivity index (χ1n) is 4.25. The van der Waals surface area contributed by atoms with Gasteiger partial charge in [-0.2, -0.15) is 0 Å². The molecular weight excluding hydrogens is 126 g/mol. The molecule has 2 bridgehead atoms. The molecule has 1 N–H and O–H groups in total. The third-order valence-electron chi connectivity index (χ3n) is 2.91. The molecule has 1 aliphatic carbocycles. The van der Waals surface area contributed by atoms with Gasteiger partial charge in [0.15, 0.2) is 0 Å². The van der Waals surface area contributed by atoms with Gasteiger partial charge >= 0.3 is 0 Å². The lowest BCUT2D eigenvalue weighted by Crippen LogP contribution is -2.34. The second-order valence-electron chi connectivity index (χ2n) is 3.55. The van der Waals surface area contributed by atoms with Crippen LogP contribution in [-0.2, 0) is 0 Å². The molecule has 1 heterocycles. The number of nitrogens with zero attached hydrogens (tertiary/aromatic N) is 1. The van der Waals surface area contributed by atoms with Crippen LogP contribution >= 0.6 is 0 Å². The van der Waals surface area contributed by atoms with Crippen molar-refractivity contribution in [1.82, 2.24) is 4.90 Å². The van der Waals surface area contributed by atoms with Crippen molar-refractivity contribution in [1.29, 1.82) is 0 Å². The zero-order valence-electron chi connectivity index (χ0n) is 6.29. The van der Waals surface area contributed by atoms with E-state index >= 15 is 0 Å². The third-order valence-corrected chi connectivity index (χ3v) is 2.91. The third kappa shape index (κ3) is 0.956. The lowest BCUT2D eigenvalue weighted by molar-refractivity contribution is 0.163. The molecule has 1 aliphatic heterocycles. The molecule has 0 aromatic carbocycles. The van der Waals surface area contributed by atoms with E-state index in [4.69, 9.17) is 5.11 Å². The van der Waals surface area contributed by atoms with Crippen LogP contribution in [0.3, 0.4) is 0 Å². The van der Waals surface area contributed by atoms with E-state index in [1.807, 2.05) is 0 Å². The van der Waals surface area contributed by atoms with Crippen molar-refractivity contribution >= 4 is 0 Å². The number of fused-ring (bicyclic) bond motifs is 2. The summed E-state index contributed by atoms with van der Waals surface area (Å²) >= 11 is 0. The highest BCUT2D eigenvalue weighted by Crippen LogP contribution is 2.36. The first-order chi connectivity index (χ1) is 4.90. The Hall–Kier alpha value is -0.0800. The Morgan fingerprint density at radius 2 is 2.30 bits per heavy atom. The highest BCUT2D eigenvalue weighted by Gasteiger charge is 2.36. The predicted octanol–water partition coefficient (Wildman–Crippen LogP) is 0.463. The van der Waals surface area contributed by atoms with E-state index in [2.05, 4.69) is 4.90 Å². The van der Waals surface area contributed by atoms with Gasteiger partial charge in [-0.1, -0.05) is 0 Å². The van der Waals surface area contributed by atoms with Crippen LogP contribution in [0.15, 0.2) is 0 Å². The Morgan fingerprint density at radius 3 is 2.80 bits per heavy atom. The van der Waals surface area contributed by atoms with Gasteiger partial charge in [-0.15, -0.1) is 0 Å². The summed E-state index contributed by atoms with van der Waals surface area (Å²) in [6.07, 6.45) is 4.22. The van der Waals surface area contributed by atoms with Crippen LogP contribution in [0.4, 0.5) is 0 Å². The summed E-state index contributed by atoms with van der Waals surface area (Å²) in [5.41, 5.74) is 0. The van der Waals surface area contributed by atoms with E-state index in [0.717, 1.165) is 18.5 Å². The minimum Gasteiger partial charge on any atom is -0.395 e. The van der Waals surface area contributed by atoms with E-state index in [0.29, 0.717) is 6.61 Å². The Kier molecular flexibility index (Phi) is 1.66. The van der Waals surface area contributed by atoms with E-state index in [1.165, 1.54) is 25.8 Å². The van der Waals surface area contributed by atoms with Crippen LogP contribution in [0.25, 0.3) is 0 Å². The van der Waals surface area contributed by atoms with Crippen molar-refractivity contribution < 1.29 is 5.11 Å². The molecule has 2 nitrogen and oxygen atoms in total. The summed E-state index contributed by atoms with van der Waals surface area (Å²) in [5.74, 6) is 0.969. The van der Waals surface area contributed by atoms with Crippen molar-refractivity contribution in [2.75, 3.05) is 19.7 Å². The topological polar surface area (TPSA) is 23.5 Å². The number of aliphatic hydroxyl groups excluding tert-OH is 1. The Balaban J connectivity index is 1.90. The molecular formula is C8H15NO. The highest BCUT2D eigenvalue weighted by molar-refractivity contribution is 4.91. The van der Waals surface area contributed by atoms with Crippen LogP contribution in [0.5, 0.6) is 0 Å². The van der Waals surface area contributed by atoms with Gasteiger partial charge < -0.3 is 5.11 Å². The summed E-state index contributed by atoms with van der Waals surface area (Å²) in [4.78, 5) is 2.44. The fraction of sp³-hybridized carbons (Fsp3) is 1.00. The summed E-state index contributed by atoms with van der Waals surface area (Å²) < 4.78 is 0. The van der Waals surface area contributed by atoms with Gasteiger partial charge in [-0.3, -0.25) is 4.90 Å². The minimum absolute atomic E-state index is 0.337. The minimum atomic E-state index is 0.337. The van der Waals surface area contributed by atoms with E-state index in [-0.39, 0.29) is 0 Å². The summed E-state index contributed by atoms with van der Waals surface area (Å²) in [6.45, 7) is 2.50. The van der Waals surface area contributed by atoms with Crippen LogP contribution in [0.1, 0.15) is 19.3 Å². The van der Waals surface area contributed by atoms with Crippen LogP contribution in [0, 0.1) is 5.92 Å². The zero-order chi connectivity index (χ0) is 6.97. The molecule has 10 heavy (non-hydrogen) atoms. The molecule has 2 rings (SSSR count). The Bertz CT molecular complexity index is 126. The van der Waals surface area contributed by atoms with E-state index in [1.54, 1.807) is 0 Å². The lowest BCUT2D eigenvalue weighted by Gasteiger charge is -2.25. The highest BCUT2D eigenvalue weighted by atomic mass is 16.3. The van der Waals surface area contributed by atoms with Gasteiger partial charge in [-0.05, 0) is 25.2 Å². The van der Waals surface area contributed by atoms with Crippen molar-refractivity contribution in [2.24, 2.45) is 5.92 Å². The molecule has 0 radical (unpaired) electrons. The first kappa shape index (κ1) is 6.62. The number of likely N-dealkylation sites (tertiary alicyclic amines) is 1. The van der Waals surface area contributed by atoms with Crippen LogP contribution in [-0.4, -0.2) is 35.7 Å². The van der Waals surface area contributed by atoms with Crippen molar-refractivity contribution in [2.45, 2.75) is 25.3 Å². The van der Waals surface area contributed by atoms with Crippen LogP contribution in [0.2, 0.25) is 0 Å². The molecule has 2 fully saturated rings. The maximum Gasteiger partial charge on any atom is 0.0558 e. The standard InChI is InChI=1S/C8H15NO/c10-4-3-9-6-7-1-2-8(9)5-7/h7-8,10H,1-6H2/t7-,8-/m1/s1. The molecule has 2 heteroatoms. The summed E-state index contributed by atoms with van der Waals surface area (Å²) in [6, 6.07) is 0.831. The Labute approximate surface area is 61.8 Å². The molecule has 0 aromatic heterocycles. The van der Waals surface area contributed by atoms with E-state index in [9.17, 15) is 0 Å². The molecule has 2 aliphatic rings. The number of hydrogen-bond acceptors (Lipinski definition) is 2. The van der Waals surface area contributed by atoms with Gasteiger partial charge in [-0.25, -0.2) is 0 Å². The first-order valence-corrected chi connectivity index (χ1v) is 4.25. The monoisotopic (exact) mass is 141 g/mol. The van der Waals surface area contributed by atoms with E-state index < -0.39 is 0 Å². The summed E-state index contributed by atoms with van der Waals surface area (Å²) in [7, 11) is 0. The average Bonchev–Trinajstić information content (AvgIpc) is 2.48. The molecule has 0 aromatic rings. The van der Waals surface area contributed by atoms with Gasteiger partial charge in [0.05, 0.1) is 6.61 Å². The number of hydrogen-bond donors (Lipinski definition) is 1. The SMILES string of the molecule is OCCN1C[C@@H]2CC[C@@H]1C2. The smallest absolute Gasteiger partial charge is 0.0558 e. The van der Waals surface area contributed by atoms with Gasteiger partial charge in [0.2, 0.25) is 0 Å². The maximum atomic E-state index is 8.71.